The molecule has 1 rings (SSSR count). The second kappa shape index (κ2) is 3.96. The molecule has 1 heterocycles. The zero-order valence-electron chi connectivity index (χ0n) is 6.57. The third kappa shape index (κ3) is 2.13. The van der Waals surface area contributed by atoms with Gasteiger partial charge in [0.25, 0.3) is 0 Å². The Labute approximate surface area is 73.9 Å². The fourth-order valence-corrected chi connectivity index (χ4v) is 1.25. The van der Waals surface area contributed by atoms with Crippen molar-refractivity contribution in [1.82, 2.24) is 0 Å². The summed E-state index contributed by atoms with van der Waals surface area (Å²) in [6, 6.07) is 0. The van der Waals surface area contributed by atoms with Gasteiger partial charge < -0.3 is 15.2 Å². The van der Waals surface area contributed by atoms with Crippen molar-refractivity contribution in [3.8, 4) is 5.75 Å². The molecule has 0 unspecified atom stereocenters. The van der Waals surface area contributed by atoms with E-state index in [1.165, 1.54) is 11.3 Å². The zero-order valence-corrected chi connectivity index (χ0v) is 7.39. The SMILES string of the molecule is CCOC(=O)Oc1cscc1N. The molecule has 0 saturated heterocycles. The summed E-state index contributed by atoms with van der Waals surface area (Å²) in [6.07, 6.45) is -0.720. The Bertz CT molecular complexity index is 271. The van der Waals surface area contributed by atoms with Crippen molar-refractivity contribution < 1.29 is 14.3 Å². The maximum Gasteiger partial charge on any atom is 0.513 e. The van der Waals surface area contributed by atoms with Crippen LogP contribution in [0.3, 0.4) is 0 Å². The normalized spacial score (nSPS) is 9.42. The lowest BCUT2D eigenvalue weighted by molar-refractivity contribution is 0.104. The first-order chi connectivity index (χ1) is 5.74. The fourth-order valence-electron chi connectivity index (χ4n) is 0.615. The smallest absolute Gasteiger partial charge is 0.434 e. The van der Waals surface area contributed by atoms with Crippen LogP contribution >= 0.6 is 11.3 Å². The molecule has 0 saturated carbocycles. The molecule has 0 radical (unpaired) electrons. The predicted octanol–water partition coefficient (Wildman–Crippen LogP) is 1.87. The van der Waals surface area contributed by atoms with Gasteiger partial charge in [-0.3, -0.25) is 0 Å². The van der Waals surface area contributed by atoms with Crippen LogP contribution in [0.25, 0.3) is 0 Å². The summed E-state index contributed by atoms with van der Waals surface area (Å²) in [5.41, 5.74) is 5.91. The highest BCUT2D eigenvalue weighted by Crippen LogP contribution is 2.25. The van der Waals surface area contributed by atoms with Crippen molar-refractivity contribution in [3.05, 3.63) is 10.8 Å². The standard InChI is InChI=1S/C7H9NO3S/c1-2-10-7(9)11-6-4-12-3-5(6)8/h3-4H,2,8H2,1H3. The Morgan fingerprint density at radius 2 is 2.42 bits per heavy atom. The average Bonchev–Trinajstić information content (AvgIpc) is 2.37. The van der Waals surface area contributed by atoms with Gasteiger partial charge in [0.2, 0.25) is 0 Å². The zero-order chi connectivity index (χ0) is 8.97. The summed E-state index contributed by atoms with van der Waals surface area (Å²) in [5.74, 6) is 0.360. The molecule has 0 aliphatic carbocycles. The van der Waals surface area contributed by atoms with Gasteiger partial charge in [-0.05, 0) is 6.92 Å². The van der Waals surface area contributed by atoms with Crippen LogP contribution in [0.2, 0.25) is 0 Å². The van der Waals surface area contributed by atoms with Crippen LogP contribution in [0, 0.1) is 0 Å². The van der Waals surface area contributed by atoms with E-state index in [0.717, 1.165) is 0 Å². The van der Waals surface area contributed by atoms with E-state index in [9.17, 15) is 4.79 Å². The quantitative estimate of drug-likeness (QED) is 0.718. The Morgan fingerprint density at radius 1 is 1.67 bits per heavy atom. The highest BCUT2D eigenvalue weighted by atomic mass is 32.1. The van der Waals surface area contributed by atoms with E-state index in [1.54, 1.807) is 17.7 Å². The first-order valence-corrected chi connectivity index (χ1v) is 4.34. The van der Waals surface area contributed by atoms with E-state index in [2.05, 4.69) is 4.74 Å². The van der Waals surface area contributed by atoms with Crippen LogP contribution in [-0.2, 0) is 4.74 Å². The number of hydrogen-bond acceptors (Lipinski definition) is 5. The van der Waals surface area contributed by atoms with Crippen molar-refractivity contribution in [1.29, 1.82) is 0 Å². The average molecular weight is 187 g/mol. The molecular formula is C7H9NO3S. The Morgan fingerprint density at radius 3 is 2.92 bits per heavy atom. The molecule has 0 amide bonds. The first kappa shape index (κ1) is 8.86. The summed E-state index contributed by atoms with van der Waals surface area (Å²) in [5, 5.41) is 3.33. The molecule has 0 bridgehead atoms. The molecule has 2 N–H and O–H groups in total. The number of carbonyl (C=O) groups excluding carboxylic acids is 1. The third-order valence-corrected chi connectivity index (χ3v) is 1.85. The van der Waals surface area contributed by atoms with Gasteiger partial charge in [0, 0.05) is 10.8 Å². The number of thiophene rings is 1. The minimum atomic E-state index is -0.720. The van der Waals surface area contributed by atoms with E-state index in [1.807, 2.05) is 0 Å². The second-order valence-corrected chi connectivity index (χ2v) is 2.72. The monoisotopic (exact) mass is 187 g/mol. The van der Waals surface area contributed by atoms with Crippen molar-refractivity contribution in [2.24, 2.45) is 0 Å². The van der Waals surface area contributed by atoms with Gasteiger partial charge in [-0.1, -0.05) is 0 Å². The van der Waals surface area contributed by atoms with Gasteiger partial charge in [0.15, 0.2) is 5.75 Å². The molecule has 0 fully saturated rings. The van der Waals surface area contributed by atoms with Crippen LogP contribution in [0.4, 0.5) is 10.5 Å². The highest BCUT2D eigenvalue weighted by molar-refractivity contribution is 7.08. The van der Waals surface area contributed by atoms with E-state index < -0.39 is 6.16 Å². The number of carbonyl (C=O) groups is 1. The largest absolute Gasteiger partial charge is 0.513 e. The van der Waals surface area contributed by atoms with Crippen LogP contribution in [0.5, 0.6) is 5.75 Å². The molecule has 12 heavy (non-hydrogen) atoms. The van der Waals surface area contributed by atoms with Crippen molar-refractivity contribution in [2.45, 2.75) is 6.92 Å². The lowest BCUT2D eigenvalue weighted by atomic mass is 10.5. The van der Waals surface area contributed by atoms with E-state index in [-0.39, 0.29) is 0 Å². The van der Waals surface area contributed by atoms with Crippen molar-refractivity contribution in [2.75, 3.05) is 12.3 Å². The van der Waals surface area contributed by atoms with Crippen molar-refractivity contribution >= 4 is 23.2 Å². The molecule has 0 aliphatic heterocycles. The second-order valence-electron chi connectivity index (χ2n) is 1.98. The number of nitrogen functional groups attached to an aromatic ring is 1. The molecule has 0 aliphatic rings. The molecule has 0 aromatic carbocycles. The van der Waals surface area contributed by atoms with Crippen LogP contribution < -0.4 is 10.5 Å². The summed E-state index contributed by atoms with van der Waals surface area (Å²) >= 11 is 1.37. The molecule has 66 valence electrons. The van der Waals surface area contributed by atoms with Gasteiger partial charge in [0.1, 0.15) is 0 Å². The van der Waals surface area contributed by atoms with E-state index in [0.29, 0.717) is 18.0 Å². The lowest BCUT2D eigenvalue weighted by Crippen LogP contribution is -2.10. The molecule has 5 heteroatoms. The molecule has 0 atom stereocenters. The number of rotatable bonds is 2. The summed E-state index contributed by atoms with van der Waals surface area (Å²) < 4.78 is 9.31. The van der Waals surface area contributed by atoms with Gasteiger partial charge >= 0.3 is 6.16 Å². The first-order valence-electron chi connectivity index (χ1n) is 3.40. The van der Waals surface area contributed by atoms with Crippen LogP contribution in [-0.4, -0.2) is 12.8 Å². The summed E-state index contributed by atoms with van der Waals surface area (Å²) in [4.78, 5) is 10.8. The minimum Gasteiger partial charge on any atom is -0.434 e. The summed E-state index contributed by atoms with van der Waals surface area (Å²) in [7, 11) is 0. The topological polar surface area (TPSA) is 61.5 Å². The van der Waals surface area contributed by atoms with Gasteiger partial charge in [-0.2, -0.15) is 0 Å². The molecule has 4 nitrogen and oxygen atoms in total. The Hall–Kier alpha value is -1.23. The Balaban J connectivity index is 2.52. The van der Waals surface area contributed by atoms with E-state index in [4.69, 9.17) is 10.5 Å². The minimum absolute atomic E-state index is 0.295. The number of anilines is 1. The van der Waals surface area contributed by atoms with Gasteiger partial charge in [-0.15, -0.1) is 11.3 Å². The van der Waals surface area contributed by atoms with Crippen LogP contribution in [0.1, 0.15) is 6.92 Å². The third-order valence-electron chi connectivity index (χ3n) is 1.11. The fraction of sp³-hybridized carbons (Fsp3) is 0.286. The number of nitrogens with two attached hydrogens (primary N) is 1. The maximum atomic E-state index is 10.8. The number of ether oxygens (including phenoxy) is 2. The maximum absolute atomic E-state index is 10.8. The highest BCUT2D eigenvalue weighted by Gasteiger charge is 2.07. The molecule has 1 aromatic rings. The lowest BCUT2D eigenvalue weighted by Gasteiger charge is -2.01. The molecule has 1 aromatic heterocycles. The molecule has 0 spiro atoms. The molecular weight excluding hydrogens is 178 g/mol. The predicted molar refractivity (Wildman–Crippen MR) is 46.4 cm³/mol. The summed E-state index contributed by atoms with van der Waals surface area (Å²) in [6.45, 7) is 2.00. The van der Waals surface area contributed by atoms with Gasteiger partial charge in [0.05, 0.1) is 12.3 Å². The number of hydrogen-bond donors (Lipinski definition) is 1. The van der Waals surface area contributed by atoms with Gasteiger partial charge in [-0.25, -0.2) is 4.79 Å². The Kier molecular flexibility index (Phi) is 2.93. The van der Waals surface area contributed by atoms with Crippen molar-refractivity contribution in [3.63, 3.8) is 0 Å². The van der Waals surface area contributed by atoms with Crippen LogP contribution in [0.15, 0.2) is 10.8 Å². The van der Waals surface area contributed by atoms with E-state index >= 15 is 0 Å².